The van der Waals surface area contributed by atoms with Gasteiger partial charge in [-0.25, -0.2) is 9.78 Å². The van der Waals surface area contributed by atoms with Crippen molar-refractivity contribution in [2.45, 2.75) is 173 Å². The number of esters is 1. The Hall–Kier alpha value is -4.09. The first-order chi connectivity index (χ1) is 32.5. The highest BCUT2D eigenvalue weighted by Gasteiger charge is 2.56. The second-order valence-electron chi connectivity index (χ2n) is 20.1. The molecule has 0 radical (unpaired) electrons. The smallest absolute Gasteiger partial charge is 0.329 e. The summed E-state index contributed by atoms with van der Waals surface area (Å²) in [6.45, 7) is 11.8. The zero-order valence-electron chi connectivity index (χ0n) is 41.7. The monoisotopic (exact) mass is 948 g/mol. The number of aromatic amines is 1. The Morgan fingerprint density at radius 1 is 0.926 bits per heavy atom. The number of aliphatic hydroxyl groups is 2. The van der Waals surface area contributed by atoms with Gasteiger partial charge in [0.2, 0.25) is 5.79 Å². The number of ether oxygens (including phenoxy) is 6. The number of ketones is 2. The Kier molecular flexibility index (Phi) is 18.9. The number of carbonyl (C=O) groups excluding carboxylic acids is 4. The third-order valence-electron chi connectivity index (χ3n) is 15.1. The number of H-pyrrole nitrogens is 1. The first-order valence-electron chi connectivity index (χ1n) is 24.8. The van der Waals surface area contributed by atoms with Gasteiger partial charge >= 0.3 is 5.97 Å². The lowest BCUT2D eigenvalue weighted by Crippen LogP contribution is -2.64. The molecule has 1 saturated carbocycles. The highest BCUT2D eigenvalue weighted by Crippen LogP contribution is 2.39. The van der Waals surface area contributed by atoms with Crippen LogP contribution in [0.5, 0.6) is 0 Å². The number of imidazole rings is 1. The average Bonchev–Trinajstić information content (AvgIpc) is 3.89. The molecule has 15 nitrogen and oxygen atoms in total. The maximum Gasteiger partial charge on any atom is 0.329 e. The van der Waals surface area contributed by atoms with Crippen LogP contribution in [-0.2, 0) is 54.2 Å². The molecule has 3 N–H and O–H groups in total. The average molecular weight is 948 g/mol. The molecule has 2 aromatic rings. The summed E-state index contributed by atoms with van der Waals surface area (Å²) in [7, 11) is 4.76. The topological polar surface area (TPSA) is 196 Å². The molecule has 1 aromatic carbocycles. The van der Waals surface area contributed by atoms with Crippen LogP contribution in [0.1, 0.15) is 118 Å². The van der Waals surface area contributed by atoms with Gasteiger partial charge in [-0.05, 0) is 101 Å². The summed E-state index contributed by atoms with van der Waals surface area (Å²) in [6, 6.07) is 6.94. The van der Waals surface area contributed by atoms with E-state index < -0.39 is 77.8 Å². The van der Waals surface area contributed by atoms with E-state index >= 15 is 0 Å². The number of piperidine rings is 1. The largest absolute Gasteiger partial charge is 0.456 e. The second-order valence-corrected chi connectivity index (χ2v) is 20.1. The summed E-state index contributed by atoms with van der Waals surface area (Å²) in [5.41, 5.74) is 3.71. The van der Waals surface area contributed by atoms with E-state index in [0.717, 1.165) is 35.4 Å². The molecule has 2 saturated heterocycles. The van der Waals surface area contributed by atoms with Gasteiger partial charge in [0, 0.05) is 70.0 Å². The molecular weight excluding hydrogens is 871 g/mol. The Morgan fingerprint density at radius 3 is 2.29 bits per heavy atom. The van der Waals surface area contributed by atoms with Crippen molar-refractivity contribution in [1.82, 2.24) is 14.9 Å². The van der Waals surface area contributed by atoms with E-state index in [2.05, 4.69) is 23.0 Å². The third kappa shape index (κ3) is 12.6. The molecule has 1 aromatic heterocycles. The van der Waals surface area contributed by atoms with Crippen LogP contribution in [0.25, 0.3) is 11.4 Å². The predicted octanol–water partition coefficient (Wildman–Crippen LogP) is 7.09. The van der Waals surface area contributed by atoms with Gasteiger partial charge in [0.25, 0.3) is 11.7 Å². The van der Waals surface area contributed by atoms with Gasteiger partial charge in [-0.15, -0.1) is 0 Å². The SMILES string of the molecule is CCC1/C=C(\C)CC(C)CC(OC)C2OC(O)(C(=O)C(=O)N3CCCCC3C(=O)OC(C(C)=CC3CCC(OCc4ccc(-c5ncc[nH]5)cc4)C(OC)C3)C(C)C(O)CC1=O)C(C)CC2OC. The third-order valence-corrected chi connectivity index (χ3v) is 15.1. The number of fused-ring (bicyclic) bond motifs is 3. The van der Waals surface area contributed by atoms with Crippen molar-refractivity contribution < 1.29 is 57.8 Å². The number of allylic oxidation sites excluding steroid dienone is 3. The van der Waals surface area contributed by atoms with Crippen LogP contribution in [0.3, 0.4) is 0 Å². The van der Waals surface area contributed by atoms with Crippen LogP contribution in [0, 0.1) is 29.6 Å². The molecule has 6 rings (SSSR count). The molecule has 1 aliphatic carbocycles. The summed E-state index contributed by atoms with van der Waals surface area (Å²) in [6.07, 6.45) is 8.20. The van der Waals surface area contributed by atoms with Crippen molar-refractivity contribution in [2.75, 3.05) is 27.9 Å². The molecule has 376 valence electrons. The fourth-order valence-corrected chi connectivity index (χ4v) is 11.0. The zero-order chi connectivity index (χ0) is 49.3. The highest BCUT2D eigenvalue weighted by molar-refractivity contribution is 6.39. The van der Waals surface area contributed by atoms with Crippen LogP contribution in [-0.4, -0.2) is 131 Å². The maximum absolute atomic E-state index is 14.6. The maximum atomic E-state index is 14.6. The minimum Gasteiger partial charge on any atom is -0.456 e. The molecule has 3 aliphatic heterocycles. The number of cyclic esters (lactones) is 1. The molecule has 4 aliphatic rings. The first-order valence-corrected chi connectivity index (χ1v) is 24.8. The van der Waals surface area contributed by atoms with E-state index in [0.29, 0.717) is 50.7 Å². The fraction of sp³-hybridized carbons (Fsp3) is 0.679. The molecule has 15 heteroatoms. The van der Waals surface area contributed by atoms with Crippen LogP contribution < -0.4 is 0 Å². The minimum atomic E-state index is -2.51. The van der Waals surface area contributed by atoms with Gasteiger partial charge in [0.05, 0.1) is 37.1 Å². The minimum absolute atomic E-state index is 0.0185. The number of carbonyl (C=O) groups is 4. The van der Waals surface area contributed by atoms with Gasteiger partial charge in [-0.1, -0.05) is 69.7 Å². The fourth-order valence-electron chi connectivity index (χ4n) is 11.0. The number of hydrogen-bond donors (Lipinski definition) is 3. The van der Waals surface area contributed by atoms with Crippen molar-refractivity contribution in [3.8, 4) is 11.4 Å². The van der Waals surface area contributed by atoms with E-state index in [9.17, 15) is 29.4 Å². The van der Waals surface area contributed by atoms with E-state index in [1.165, 1.54) is 19.1 Å². The quantitative estimate of drug-likeness (QED) is 0.124. The summed E-state index contributed by atoms with van der Waals surface area (Å²) in [5, 5.41) is 24.0. The van der Waals surface area contributed by atoms with Crippen molar-refractivity contribution in [3.63, 3.8) is 0 Å². The highest BCUT2D eigenvalue weighted by atomic mass is 16.7. The molecule has 14 unspecified atom stereocenters. The lowest BCUT2D eigenvalue weighted by Gasteiger charge is -2.47. The molecule has 14 atom stereocenters. The number of hydrogen-bond acceptors (Lipinski definition) is 13. The van der Waals surface area contributed by atoms with Gasteiger partial charge < -0.3 is 48.5 Å². The van der Waals surface area contributed by atoms with Crippen LogP contribution in [0.2, 0.25) is 0 Å². The molecule has 2 bridgehead atoms. The number of nitrogens with zero attached hydrogens (tertiary/aromatic N) is 2. The first kappa shape index (κ1) is 53.3. The molecule has 1 amide bonds. The van der Waals surface area contributed by atoms with Crippen molar-refractivity contribution in [1.29, 1.82) is 0 Å². The second kappa shape index (κ2) is 24.2. The van der Waals surface area contributed by atoms with E-state index in [-0.39, 0.29) is 55.6 Å². The lowest BCUT2D eigenvalue weighted by atomic mass is 9.81. The van der Waals surface area contributed by atoms with Gasteiger partial charge in [0.15, 0.2) is 0 Å². The molecule has 68 heavy (non-hydrogen) atoms. The zero-order valence-corrected chi connectivity index (χ0v) is 41.7. The normalized spacial score (nSPS) is 36.3. The lowest BCUT2D eigenvalue weighted by molar-refractivity contribution is -0.302. The molecule has 3 fully saturated rings. The number of Topliss-reactive ketones (excluding diaryl/α,β-unsaturated/α-hetero) is 2. The standard InChI is InChI=1S/C53H77N3O12/c1-10-38-24-31(2)23-32(3)25-45(64-8)48-46(65-9)27-34(5)53(62,68-48)49(59)51(60)56-22-12-11-13-40(56)52(61)67-47(35(6)41(57)29-42(38)58)33(4)26-37-16-19-43(44(28-37)63-7)66-30-36-14-17-39(18-15-36)50-54-20-21-55-50/h14-15,17-18,20-21,24,26,32,34-35,37-38,40-41,43-48,57,62H,10-13,16,19,22-23,25,27-30H2,1-9H3,(H,54,55)/b31-24+,33-26?. The number of methoxy groups -OCH3 is 3. The van der Waals surface area contributed by atoms with E-state index in [1.54, 1.807) is 33.4 Å². The Balaban J connectivity index is 1.26. The van der Waals surface area contributed by atoms with Gasteiger partial charge in [0.1, 0.15) is 29.9 Å². The van der Waals surface area contributed by atoms with Crippen molar-refractivity contribution in [3.05, 3.63) is 65.5 Å². The summed E-state index contributed by atoms with van der Waals surface area (Å²) >= 11 is 0. The number of rotatable bonds is 10. The molecular formula is C53H77N3O12. The summed E-state index contributed by atoms with van der Waals surface area (Å²) < 4.78 is 36.9. The summed E-state index contributed by atoms with van der Waals surface area (Å²) in [5.74, 6) is -6.70. The number of amides is 1. The van der Waals surface area contributed by atoms with Crippen LogP contribution in [0.4, 0.5) is 0 Å². The predicted molar refractivity (Wildman–Crippen MR) is 255 cm³/mol. The Morgan fingerprint density at radius 2 is 1.63 bits per heavy atom. The van der Waals surface area contributed by atoms with Gasteiger partial charge in [-0.2, -0.15) is 0 Å². The Bertz CT molecular complexity index is 2060. The van der Waals surface area contributed by atoms with Gasteiger partial charge in [-0.3, -0.25) is 14.4 Å². The number of benzene rings is 1. The van der Waals surface area contributed by atoms with Crippen molar-refractivity contribution >= 4 is 23.4 Å². The van der Waals surface area contributed by atoms with E-state index in [4.69, 9.17) is 28.4 Å². The number of aromatic nitrogens is 2. The summed E-state index contributed by atoms with van der Waals surface area (Å²) in [4.78, 5) is 66.0. The van der Waals surface area contributed by atoms with Crippen molar-refractivity contribution in [2.24, 2.45) is 29.6 Å². The van der Waals surface area contributed by atoms with E-state index in [1.807, 2.05) is 51.1 Å². The van der Waals surface area contributed by atoms with Crippen LogP contribution in [0.15, 0.2) is 60.0 Å². The Labute approximate surface area is 402 Å². The van der Waals surface area contributed by atoms with Crippen LogP contribution >= 0.6 is 0 Å². The molecule has 0 spiro atoms. The number of aliphatic hydroxyl groups excluding tert-OH is 1. The molecule has 4 heterocycles. The number of nitrogens with one attached hydrogen (secondary N) is 1.